The number of fused-ring (bicyclic) bond motifs is 1. The summed E-state index contributed by atoms with van der Waals surface area (Å²) in [4.78, 5) is 4.61. The van der Waals surface area contributed by atoms with E-state index in [1.54, 1.807) is 0 Å². The van der Waals surface area contributed by atoms with Crippen molar-refractivity contribution in [3.63, 3.8) is 0 Å². The van der Waals surface area contributed by atoms with E-state index in [9.17, 15) is 0 Å². The second-order valence-corrected chi connectivity index (χ2v) is 5.78. The molecular weight excluding hydrogens is 256 g/mol. The van der Waals surface area contributed by atoms with E-state index in [1.807, 2.05) is 12.3 Å². The van der Waals surface area contributed by atoms with Gasteiger partial charge >= 0.3 is 0 Å². The van der Waals surface area contributed by atoms with E-state index >= 15 is 0 Å². The van der Waals surface area contributed by atoms with E-state index < -0.39 is 0 Å². The first kappa shape index (κ1) is 16.0. The number of nitrogens with one attached hydrogen (secondary N) is 1. The number of pyridine rings is 1. The highest BCUT2D eigenvalue weighted by atomic mass is 14.9. The molecule has 0 aliphatic carbocycles. The van der Waals surface area contributed by atoms with E-state index in [-0.39, 0.29) is 0 Å². The van der Waals surface area contributed by atoms with Crippen LogP contribution < -0.4 is 5.32 Å². The maximum Gasteiger partial charge on any atom is 0.0749 e. The fourth-order valence-electron chi connectivity index (χ4n) is 2.87. The molecule has 0 fully saturated rings. The van der Waals surface area contributed by atoms with Gasteiger partial charge in [-0.2, -0.15) is 0 Å². The average Bonchev–Trinajstić information content (AvgIpc) is 2.54. The van der Waals surface area contributed by atoms with E-state index in [4.69, 9.17) is 0 Å². The SMILES string of the molecule is CCCCCCC(NCCC)c1cccc2cccnc12. The Morgan fingerprint density at radius 3 is 2.67 bits per heavy atom. The lowest BCUT2D eigenvalue weighted by Gasteiger charge is -2.20. The van der Waals surface area contributed by atoms with Crippen LogP contribution in [0.25, 0.3) is 10.9 Å². The molecule has 2 nitrogen and oxygen atoms in total. The number of benzene rings is 1. The third kappa shape index (κ3) is 4.53. The zero-order valence-electron chi connectivity index (χ0n) is 13.4. The minimum Gasteiger partial charge on any atom is -0.310 e. The summed E-state index contributed by atoms with van der Waals surface area (Å²) in [6.07, 6.45) is 9.54. The highest BCUT2D eigenvalue weighted by Crippen LogP contribution is 2.26. The first-order valence-corrected chi connectivity index (χ1v) is 8.43. The molecule has 0 bridgehead atoms. The number of rotatable bonds is 9. The van der Waals surface area contributed by atoms with Gasteiger partial charge in [0.2, 0.25) is 0 Å². The van der Waals surface area contributed by atoms with Crippen LogP contribution in [0.4, 0.5) is 0 Å². The van der Waals surface area contributed by atoms with Gasteiger partial charge in [0, 0.05) is 17.6 Å². The van der Waals surface area contributed by atoms with Crippen LogP contribution in [0.1, 0.15) is 64.0 Å². The first-order valence-electron chi connectivity index (χ1n) is 8.43. The standard InChI is InChI=1S/C19H28N2/c1-3-5-6-7-13-18(20-14-4-2)17-12-8-10-16-11-9-15-21-19(16)17/h8-12,15,18,20H,3-7,13-14H2,1-2H3. The molecule has 114 valence electrons. The molecule has 0 aliphatic rings. The molecular formula is C19H28N2. The molecule has 0 spiro atoms. The molecule has 0 aliphatic heterocycles. The van der Waals surface area contributed by atoms with Gasteiger partial charge in [-0.3, -0.25) is 4.98 Å². The first-order chi connectivity index (χ1) is 10.4. The maximum absolute atomic E-state index is 4.61. The molecule has 1 aromatic heterocycles. The van der Waals surface area contributed by atoms with Crippen molar-refractivity contribution in [3.8, 4) is 0 Å². The summed E-state index contributed by atoms with van der Waals surface area (Å²) in [5, 5.41) is 4.96. The van der Waals surface area contributed by atoms with Crippen LogP contribution >= 0.6 is 0 Å². The minimum absolute atomic E-state index is 0.431. The summed E-state index contributed by atoms with van der Waals surface area (Å²) in [5.41, 5.74) is 2.52. The number of unbranched alkanes of at least 4 members (excludes halogenated alkanes) is 3. The Morgan fingerprint density at radius 2 is 1.86 bits per heavy atom. The van der Waals surface area contributed by atoms with Crippen LogP contribution in [-0.2, 0) is 0 Å². The number of aromatic nitrogens is 1. The van der Waals surface area contributed by atoms with Gasteiger partial charge in [-0.05, 0) is 31.0 Å². The normalized spacial score (nSPS) is 12.7. The largest absolute Gasteiger partial charge is 0.310 e. The molecule has 0 saturated carbocycles. The molecule has 0 amide bonds. The number of nitrogens with zero attached hydrogens (tertiary/aromatic N) is 1. The van der Waals surface area contributed by atoms with E-state index in [0.29, 0.717) is 6.04 Å². The molecule has 1 atom stereocenters. The molecule has 2 heteroatoms. The van der Waals surface area contributed by atoms with Crippen LogP contribution in [0, 0.1) is 0 Å². The Kier molecular flexibility index (Phi) is 6.68. The second-order valence-electron chi connectivity index (χ2n) is 5.78. The zero-order valence-corrected chi connectivity index (χ0v) is 13.4. The Balaban J connectivity index is 2.17. The maximum atomic E-state index is 4.61. The Hall–Kier alpha value is -1.41. The van der Waals surface area contributed by atoms with E-state index in [0.717, 1.165) is 12.1 Å². The van der Waals surface area contributed by atoms with Crippen molar-refractivity contribution < 1.29 is 0 Å². The molecule has 21 heavy (non-hydrogen) atoms. The lowest BCUT2D eigenvalue weighted by molar-refractivity contribution is 0.472. The van der Waals surface area contributed by atoms with Crippen molar-refractivity contribution in [1.29, 1.82) is 0 Å². The molecule has 2 rings (SSSR count). The molecule has 2 aromatic rings. The van der Waals surface area contributed by atoms with Crippen LogP contribution in [0.3, 0.4) is 0 Å². The van der Waals surface area contributed by atoms with Crippen molar-refractivity contribution >= 4 is 10.9 Å². The smallest absolute Gasteiger partial charge is 0.0749 e. The van der Waals surface area contributed by atoms with Crippen molar-refractivity contribution in [3.05, 3.63) is 42.1 Å². The Labute approximate surface area is 129 Å². The quantitative estimate of drug-likeness (QED) is 0.636. The molecule has 1 aromatic carbocycles. The molecule has 1 heterocycles. The monoisotopic (exact) mass is 284 g/mol. The van der Waals surface area contributed by atoms with Gasteiger partial charge in [0.15, 0.2) is 0 Å². The van der Waals surface area contributed by atoms with Crippen LogP contribution in [-0.4, -0.2) is 11.5 Å². The van der Waals surface area contributed by atoms with E-state index in [1.165, 1.54) is 49.5 Å². The van der Waals surface area contributed by atoms with Crippen molar-refractivity contribution in [2.75, 3.05) is 6.54 Å². The van der Waals surface area contributed by atoms with Gasteiger partial charge in [0.25, 0.3) is 0 Å². The Morgan fingerprint density at radius 1 is 1.00 bits per heavy atom. The Bertz CT molecular complexity index is 531. The van der Waals surface area contributed by atoms with Gasteiger partial charge in [0.1, 0.15) is 0 Å². The predicted molar refractivity (Wildman–Crippen MR) is 91.5 cm³/mol. The van der Waals surface area contributed by atoms with Gasteiger partial charge in [-0.15, -0.1) is 0 Å². The highest BCUT2D eigenvalue weighted by Gasteiger charge is 2.13. The fourth-order valence-corrected chi connectivity index (χ4v) is 2.87. The summed E-state index contributed by atoms with van der Waals surface area (Å²) >= 11 is 0. The molecule has 0 saturated heterocycles. The predicted octanol–water partition coefficient (Wildman–Crippen LogP) is 5.25. The lowest BCUT2D eigenvalue weighted by atomic mass is 9.97. The molecule has 0 radical (unpaired) electrons. The average molecular weight is 284 g/mol. The third-order valence-corrected chi connectivity index (χ3v) is 4.03. The summed E-state index contributed by atoms with van der Waals surface area (Å²) in [7, 11) is 0. The van der Waals surface area contributed by atoms with Crippen molar-refractivity contribution in [1.82, 2.24) is 10.3 Å². The van der Waals surface area contributed by atoms with Crippen LogP contribution in [0.5, 0.6) is 0 Å². The minimum atomic E-state index is 0.431. The van der Waals surface area contributed by atoms with Gasteiger partial charge in [-0.25, -0.2) is 0 Å². The summed E-state index contributed by atoms with van der Waals surface area (Å²) in [6, 6.07) is 11.1. The summed E-state index contributed by atoms with van der Waals surface area (Å²) < 4.78 is 0. The van der Waals surface area contributed by atoms with Crippen molar-refractivity contribution in [2.45, 2.75) is 58.4 Å². The van der Waals surface area contributed by atoms with Gasteiger partial charge in [0.05, 0.1) is 5.52 Å². The highest BCUT2D eigenvalue weighted by molar-refractivity contribution is 5.81. The van der Waals surface area contributed by atoms with Gasteiger partial charge in [-0.1, -0.05) is 63.8 Å². The number of hydrogen-bond donors (Lipinski definition) is 1. The zero-order chi connectivity index (χ0) is 14.9. The second kappa shape index (κ2) is 8.78. The van der Waals surface area contributed by atoms with Crippen LogP contribution in [0.15, 0.2) is 36.5 Å². The summed E-state index contributed by atoms with van der Waals surface area (Å²) in [6.45, 7) is 5.56. The molecule has 1 unspecified atom stereocenters. The van der Waals surface area contributed by atoms with Gasteiger partial charge < -0.3 is 5.32 Å². The van der Waals surface area contributed by atoms with Crippen molar-refractivity contribution in [2.24, 2.45) is 0 Å². The topological polar surface area (TPSA) is 24.9 Å². The number of para-hydroxylation sites is 1. The van der Waals surface area contributed by atoms with Crippen LogP contribution in [0.2, 0.25) is 0 Å². The third-order valence-electron chi connectivity index (χ3n) is 4.03. The van der Waals surface area contributed by atoms with E-state index in [2.05, 4.69) is 48.4 Å². The fraction of sp³-hybridized carbons (Fsp3) is 0.526. The number of hydrogen-bond acceptors (Lipinski definition) is 2. The lowest BCUT2D eigenvalue weighted by Crippen LogP contribution is -2.22. The molecule has 1 N–H and O–H groups in total. The summed E-state index contributed by atoms with van der Waals surface area (Å²) in [5.74, 6) is 0.